The van der Waals surface area contributed by atoms with E-state index in [0.29, 0.717) is 11.3 Å². The number of nitrogens with two attached hydrogens (primary N) is 1. The molecule has 2 amide bonds. The van der Waals surface area contributed by atoms with Crippen LogP contribution in [0.1, 0.15) is 51.4 Å². The third kappa shape index (κ3) is 5.73. The van der Waals surface area contributed by atoms with Crippen molar-refractivity contribution in [2.75, 3.05) is 4.90 Å². The van der Waals surface area contributed by atoms with E-state index in [9.17, 15) is 19.5 Å². The third-order valence-corrected chi connectivity index (χ3v) is 3.31. The molecule has 0 aliphatic heterocycles. The number of amides is 2. The van der Waals surface area contributed by atoms with Crippen LogP contribution < -0.4 is 10.6 Å². The second kappa shape index (κ2) is 8.18. The second-order valence-corrected chi connectivity index (χ2v) is 7.40. The molecule has 144 valence electrons. The summed E-state index contributed by atoms with van der Waals surface area (Å²) in [6.07, 6.45) is -0.633. The van der Waals surface area contributed by atoms with Crippen LogP contribution in [0.3, 0.4) is 0 Å². The molecule has 1 atom stereocenters. The molecule has 0 fully saturated rings. The number of carboxylic acids is 1. The summed E-state index contributed by atoms with van der Waals surface area (Å²) >= 11 is 0. The molecule has 1 rings (SSSR count). The molecule has 0 unspecified atom stereocenters. The Hall–Kier alpha value is -2.61. The number of carboxylic acid groups (broad SMARTS) is 1. The monoisotopic (exact) mass is 366 g/mol. The zero-order chi connectivity index (χ0) is 20.2. The van der Waals surface area contributed by atoms with E-state index in [1.165, 1.54) is 6.07 Å². The van der Waals surface area contributed by atoms with Crippen molar-refractivity contribution in [2.45, 2.75) is 52.7 Å². The van der Waals surface area contributed by atoms with Crippen LogP contribution >= 0.6 is 0 Å². The normalized spacial score (nSPS) is 12.6. The van der Waals surface area contributed by atoms with E-state index in [1.807, 2.05) is 13.8 Å². The van der Waals surface area contributed by atoms with Crippen LogP contribution in [0, 0.1) is 5.92 Å². The zero-order valence-corrected chi connectivity index (χ0v) is 15.6. The topological polar surface area (TPSA) is 130 Å². The quantitative estimate of drug-likeness (QED) is 0.730. The summed E-state index contributed by atoms with van der Waals surface area (Å²) in [5.74, 6) is -2.48. The van der Waals surface area contributed by atoms with E-state index < -0.39 is 40.9 Å². The van der Waals surface area contributed by atoms with Crippen molar-refractivity contribution >= 4 is 23.7 Å². The maximum absolute atomic E-state index is 12.8. The predicted molar refractivity (Wildman–Crippen MR) is 96.2 cm³/mol. The fraction of sp³-hybridized carbons (Fsp3) is 0.500. The van der Waals surface area contributed by atoms with Crippen molar-refractivity contribution in [2.24, 2.45) is 11.7 Å². The summed E-state index contributed by atoms with van der Waals surface area (Å²) < 4.78 is 5.26. The van der Waals surface area contributed by atoms with Gasteiger partial charge in [0.15, 0.2) is 0 Å². The minimum absolute atomic E-state index is 0.0429. The summed E-state index contributed by atoms with van der Waals surface area (Å²) in [6.45, 7) is 8.69. The molecule has 0 saturated heterocycles. The molecule has 0 aliphatic carbocycles. The van der Waals surface area contributed by atoms with Crippen LogP contribution in [0.5, 0.6) is 5.75 Å². The van der Waals surface area contributed by atoms with Gasteiger partial charge in [0.2, 0.25) is 0 Å². The van der Waals surface area contributed by atoms with Crippen molar-refractivity contribution in [3.63, 3.8) is 0 Å². The van der Waals surface area contributed by atoms with Gasteiger partial charge < -0.3 is 20.7 Å². The fourth-order valence-electron chi connectivity index (χ4n) is 2.24. The van der Waals surface area contributed by atoms with Crippen LogP contribution in [0.4, 0.5) is 10.5 Å². The number of aromatic hydroxyl groups is 1. The average Bonchev–Trinajstić information content (AvgIpc) is 2.46. The molecule has 0 heterocycles. The maximum Gasteiger partial charge on any atom is 0.421 e. The molecule has 0 aliphatic rings. The van der Waals surface area contributed by atoms with Gasteiger partial charge >= 0.3 is 12.1 Å². The Morgan fingerprint density at radius 3 is 2.27 bits per heavy atom. The average molecular weight is 366 g/mol. The molecule has 0 radical (unpaired) electrons. The Labute approximate surface area is 152 Å². The molecule has 26 heavy (non-hydrogen) atoms. The summed E-state index contributed by atoms with van der Waals surface area (Å²) in [7, 11) is 0. The van der Waals surface area contributed by atoms with Gasteiger partial charge in [-0.2, -0.15) is 0 Å². The van der Waals surface area contributed by atoms with E-state index >= 15 is 0 Å². The van der Waals surface area contributed by atoms with E-state index in [1.54, 1.807) is 20.8 Å². The van der Waals surface area contributed by atoms with Gasteiger partial charge in [-0.25, -0.2) is 14.5 Å². The number of imide groups is 1. The summed E-state index contributed by atoms with van der Waals surface area (Å²) in [6, 6.07) is 2.41. The Morgan fingerprint density at radius 1 is 1.23 bits per heavy atom. The first-order chi connectivity index (χ1) is 11.8. The number of aromatic carboxylic acids is 1. The lowest BCUT2D eigenvalue weighted by Gasteiger charge is -2.28. The molecule has 0 aromatic heterocycles. The third-order valence-electron chi connectivity index (χ3n) is 3.31. The van der Waals surface area contributed by atoms with E-state index in [0.717, 1.165) is 12.1 Å². The number of carbonyl (C=O) groups is 3. The van der Waals surface area contributed by atoms with E-state index in [-0.39, 0.29) is 11.6 Å². The Morgan fingerprint density at radius 2 is 1.81 bits per heavy atom. The number of ether oxygens (including phenoxy) is 1. The van der Waals surface area contributed by atoms with Gasteiger partial charge in [-0.3, -0.25) is 4.79 Å². The molecule has 1 aromatic carbocycles. The molecular formula is C18H26N2O6. The number of nitrogens with zero attached hydrogens (tertiary/aromatic N) is 1. The minimum Gasteiger partial charge on any atom is -0.507 e. The Balaban J connectivity index is 3.36. The highest BCUT2D eigenvalue weighted by Gasteiger charge is 2.33. The molecular weight excluding hydrogens is 340 g/mol. The lowest BCUT2D eigenvalue weighted by Crippen LogP contribution is -2.49. The summed E-state index contributed by atoms with van der Waals surface area (Å²) in [5, 5.41) is 18.8. The Kier molecular flexibility index (Phi) is 6.74. The van der Waals surface area contributed by atoms with Crippen molar-refractivity contribution in [3.05, 3.63) is 23.8 Å². The fourth-order valence-corrected chi connectivity index (χ4v) is 2.24. The first-order valence-electron chi connectivity index (χ1n) is 8.22. The largest absolute Gasteiger partial charge is 0.507 e. The predicted octanol–water partition coefficient (Wildman–Crippen LogP) is 2.73. The van der Waals surface area contributed by atoms with E-state index in [2.05, 4.69) is 0 Å². The second-order valence-electron chi connectivity index (χ2n) is 7.40. The van der Waals surface area contributed by atoms with E-state index in [4.69, 9.17) is 15.6 Å². The van der Waals surface area contributed by atoms with Gasteiger partial charge in [0.25, 0.3) is 5.91 Å². The zero-order valence-electron chi connectivity index (χ0n) is 15.6. The number of anilines is 1. The highest BCUT2D eigenvalue weighted by atomic mass is 16.6. The number of phenols is 1. The van der Waals surface area contributed by atoms with Crippen LogP contribution in [-0.2, 0) is 9.53 Å². The number of rotatable bonds is 5. The SMILES string of the molecule is CC(C)C[C@H](N)C(=O)N(C(=O)OC(C)(C)C)c1ccc(O)c(C(=O)O)c1. The molecule has 0 saturated carbocycles. The molecule has 4 N–H and O–H groups in total. The van der Waals surface area contributed by atoms with Gasteiger partial charge in [0.1, 0.15) is 16.9 Å². The first-order valence-corrected chi connectivity index (χ1v) is 8.22. The number of carbonyl (C=O) groups excluding carboxylic acids is 2. The molecule has 8 nitrogen and oxygen atoms in total. The molecule has 0 bridgehead atoms. The standard InChI is InChI=1S/C18H26N2O6/c1-10(2)8-13(19)15(22)20(17(25)26-18(3,4)5)11-6-7-14(21)12(9-11)16(23)24/h6-7,9-10,13,21H,8,19H2,1-5H3,(H,23,24)/t13-/m0/s1. The van der Waals surface area contributed by atoms with Gasteiger partial charge in [0, 0.05) is 0 Å². The van der Waals surface area contributed by atoms with Gasteiger partial charge in [-0.1, -0.05) is 13.8 Å². The summed E-state index contributed by atoms with van der Waals surface area (Å²) in [4.78, 5) is 37.3. The van der Waals surface area contributed by atoms with Gasteiger partial charge in [-0.15, -0.1) is 0 Å². The van der Waals surface area contributed by atoms with Gasteiger partial charge in [-0.05, 0) is 51.3 Å². The minimum atomic E-state index is -1.40. The van der Waals surface area contributed by atoms with Crippen LogP contribution in [0.2, 0.25) is 0 Å². The number of benzene rings is 1. The first kappa shape index (κ1) is 21.4. The smallest absolute Gasteiger partial charge is 0.421 e. The molecule has 8 heteroatoms. The lowest BCUT2D eigenvalue weighted by atomic mass is 10.0. The maximum atomic E-state index is 12.8. The number of hydrogen-bond donors (Lipinski definition) is 3. The molecule has 0 spiro atoms. The Bertz CT molecular complexity index is 693. The highest BCUT2D eigenvalue weighted by Crippen LogP contribution is 2.26. The van der Waals surface area contributed by atoms with Crippen LogP contribution in [0.25, 0.3) is 0 Å². The number of hydrogen-bond acceptors (Lipinski definition) is 6. The van der Waals surface area contributed by atoms with Crippen molar-refractivity contribution in [1.82, 2.24) is 0 Å². The highest BCUT2D eigenvalue weighted by molar-refractivity contribution is 6.14. The molecule has 1 aromatic rings. The van der Waals surface area contributed by atoms with Crippen LogP contribution in [0.15, 0.2) is 18.2 Å². The van der Waals surface area contributed by atoms with Crippen LogP contribution in [-0.4, -0.2) is 39.8 Å². The van der Waals surface area contributed by atoms with Crippen molar-refractivity contribution < 1.29 is 29.3 Å². The summed E-state index contributed by atoms with van der Waals surface area (Å²) in [5.41, 5.74) is 4.56. The lowest BCUT2D eigenvalue weighted by molar-refractivity contribution is -0.120. The van der Waals surface area contributed by atoms with Crippen molar-refractivity contribution in [1.29, 1.82) is 0 Å². The van der Waals surface area contributed by atoms with Gasteiger partial charge in [0.05, 0.1) is 11.7 Å². The van der Waals surface area contributed by atoms with Crippen molar-refractivity contribution in [3.8, 4) is 5.75 Å².